The Morgan fingerprint density at radius 3 is 2.00 bits per heavy atom. The van der Waals surface area contributed by atoms with E-state index in [9.17, 15) is 0 Å². The normalized spacial score (nSPS) is 11.1. The van der Waals surface area contributed by atoms with Crippen molar-refractivity contribution in [3.8, 4) is 0 Å². The number of halogens is 2. The molecule has 0 aromatic heterocycles. The first kappa shape index (κ1) is 17.1. The molecule has 0 aliphatic heterocycles. The van der Waals surface area contributed by atoms with E-state index >= 15 is 0 Å². The fraction of sp³-hybridized carbons (Fsp3) is 1.00. The summed E-state index contributed by atoms with van der Waals surface area (Å²) in [6.45, 7) is 4.78. The zero-order valence-corrected chi connectivity index (χ0v) is 12.2. The van der Waals surface area contributed by atoms with Gasteiger partial charge in [0.2, 0.25) is 0 Å². The molecule has 0 radical (unpaired) electrons. The van der Waals surface area contributed by atoms with Crippen LogP contribution in [0, 0.1) is 0 Å². The van der Waals surface area contributed by atoms with E-state index in [-0.39, 0.29) is 17.0 Å². The molecule has 88 valence electrons. The maximum Gasteiger partial charge on any atom is 0.0794 e. The van der Waals surface area contributed by atoms with Gasteiger partial charge in [-0.05, 0) is 12.8 Å². The van der Waals surface area contributed by atoms with E-state index < -0.39 is 0 Å². The van der Waals surface area contributed by atoms with Crippen LogP contribution in [-0.4, -0.2) is 37.5 Å². The van der Waals surface area contributed by atoms with Crippen LogP contribution in [0.3, 0.4) is 0 Å². The summed E-state index contributed by atoms with van der Waals surface area (Å²) in [5, 5.41) is 0. The lowest BCUT2D eigenvalue weighted by atomic mass is 10.2. The average Bonchev–Trinajstić information content (AvgIpc) is 2.09. The van der Waals surface area contributed by atoms with Crippen molar-refractivity contribution in [2.45, 2.75) is 39.0 Å². The molecule has 0 unspecified atom stereocenters. The molecule has 0 aromatic carbocycles. The SMILES string of the molecule is CCCCCC[N+](C)(C)CCCCl.[Br-]. The molecule has 0 heterocycles. The first-order valence-corrected chi connectivity index (χ1v) is 6.04. The maximum absolute atomic E-state index is 5.68. The number of nitrogens with zero attached hydrogens (tertiary/aromatic N) is 1. The van der Waals surface area contributed by atoms with Gasteiger partial charge in [-0.25, -0.2) is 0 Å². The first-order chi connectivity index (χ1) is 6.12. The van der Waals surface area contributed by atoms with Crippen molar-refractivity contribution in [2.75, 3.05) is 33.1 Å². The van der Waals surface area contributed by atoms with Crippen molar-refractivity contribution in [1.82, 2.24) is 0 Å². The van der Waals surface area contributed by atoms with Gasteiger partial charge in [0.05, 0.1) is 27.2 Å². The molecule has 0 rings (SSSR count). The standard InChI is InChI=1S/C11H25ClN.BrH/c1-4-5-6-7-10-13(2,3)11-8-9-12;/h4-11H2,1-3H3;1H/q+1;/p-1. The summed E-state index contributed by atoms with van der Waals surface area (Å²) in [6, 6.07) is 0. The highest BCUT2D eigenvalue weighted by atomic mass is 79.9. The molecular formula is C11H25BrClN. The molecule has 0 amide bonds. The second-order valence-electron chi connectivity index (χ2n) is 4.49. The third-order valence-electron chi connectivity index (χ3n) is 2.51. The molecule has 0 aromatic rings. The van der Waals surface area contributed by atoms with Crippen molar-refractivity contribution in [1.29, 1.82) is 0 Å². The van der Waals surface area contributed by atoms with Crippen molar-refractivity contribution in [2.24, 2.45) is 0 Å². The topological polar surface area (TPSA) is 0 Å². The monoisotopic (exact) mass is 285 g/mol. The molecular weight excluding hydrogens is 261 g/mol. The van der Waals surface area contributed by atoms with Crippen LogP contribution in [-0.2, 0) is 0 Å². The Bertz CT molecular complexity index is 118. The number of alkyl halides is 1. The van der Waals surface area contributed by atoms with E-state index in [1.165, 1.54) is 38.8 Å². The quantitative estimate of drug-likeness (QED) is 0.342. The second kappa shape index (κ2) is 10.3. The van der Waals surface area contributed by atoms with Crippen LogP contribution in [0.2, 0.25) is 0 Å². The summed E-state index contributed by atoms with van der Waals surface area (Å²) < 4.78 is 1.14. The average molecular weight is 287 g/mol. The van der Waals surface area contributed by atoms with Crippen LogP contribution >= 0.6 is 11.6 Å². The largest absolute Gasteiger partial charge is 1.00 e. The van der Waals surface area contributed by atoms with Crippen LogP contribution < -0.4 is 17.0 Å². The highest BCUT2D eigenvalue weighted by molar-refractivity contribution is 6.17. The Balaban J connectivity index is 0. The highest BCUT2D eigenvalue weighted by Gasteiger charge is 2.12. The van der Waals surface area contributed by atoms with Crippen LogP contribution in [0.1, 0.15) is 39.0 Å². The predicted molar refractivity (Wildman–Crippen MR) is 61.3 cm³/mol. The highest BCUT2D eigenvalue weighted by Crippen LogP contribution is 2.06. The first-order valence-electron chi connectivity index (χ1n) is 5.50. The molecule has 0 atom stereocenters. The van der Waals surface area contributed by atoms with E-state index in [1.54, 1.807) is 0 Å². The third kappa shape index (κ3) is 10.8. The molecule has 0 N–H and O–H groups in total. The second-order valence-corrected chi connectivity index (χ2v) is 4.86. The molecule has 1 nitrogen and oxygen atoms in total. The van der Waals surface area contributed by atoms with Gasteiger partial charge in [0.1, 0.15) is 0 Å². The van der Waals surface area contributed by atoms with Crippen molar-refractivity contribution in [3.05, 3.63) is 0 Å². The molecule has 0 aliphatic carbocycles. The Morgan fingerprint density at radius 1 is 0.929 bits per heavy atom. The van der Waals surface area contributed by atoms with E-state index in [4.69, 9.17) is 11.6 Å². The van der Waals surface area contributed by atoms with Gasteiger partial charge in [-0.3, -0.25) is 0 Å². The predicted octanol–water partition coefficient (Wildman–Crippen LogP) is 0.276. The van der Waals surface area contributed by atoms with Gasteiger partial charge in [-0.15, -0.1) is 11.6 Å². The summed E-state index contributed by atoms with van der Waals surface area (Å²) in [6.07, 6.45) is 6.61. The Labute approximate surface area is 105 Å². The minimum Gasteiger partial charge on any atom is -1.00 e. The van der Waals surface area contributed by atoms with Gasteiger partial charge in [0, 0.05) is 12.3 Å². The Kier molecular flexibility index (Phi) is 12.6. The van der Waals surface area contributed by atoms with Crippen LogP contribution in [0.25, 0.3) is 0 Å². The minimum atomic E-state index is 0. The van der Waals surface area contributed by atoms with Gasteiger partial charge in [0.15, 0.2) is 0 Å². The smallest absolute Gasteiger partial charge is 0.0794 e. The molecule has 0 bridgehead atoms. The molecule has 3 heteroatoms. The molecule has 0 fully saturated rings. The zero-order valence-electron chi connectivity index (χ0n) is 9.86. The zero-order chi connectivity index (χ0) is 10.2. The lowest BCUT2D eigenvalue weighted by molar-refractivity contribution is -0.890. The lowest BCUT2D eigenvalue weighted by Crippen LogP contribution is -3.00. The fourth-order valence-corrected chi connectivity index (χ4v) is 1.69. The van der Waals surface area contributed by atoms with Gasteiger partial charge in [0.25, 0.3) is 0 Å². The summed E-state index contributed by atoms with van der Waals surface area (Å²) in [5.74, 6) is 0.802. The van der Waals surface area contributed by atoms with Crippen molar-refractivity contribution >= 4 is 11.6 Å². The minimum absolute atomic E-state index is 0. The van der Waals surface area contributed by atoms with Gasteiger partial charge < -0.3 is 21.5 Å². The van der Waals surface area contributed by atoms with Crippen LogP contribution in [0.4, 0.5) is 0 Å². The number of hydrogen-bond donors (Lipinski definition) is 0. The summed E-state index contributed by atoms with van der Waals surface area (Å²) in [7, 11) is 4.61. The fourth-order valence-electron chi connectivity index (χ4n) is 1.57. The molecule has 0 spiro atoms. The maximum atomic E-state index is 5.68. The number of rotatable bonds is 8. The summed E-state index contributed by atoms with van der Waals surface area (Å²) >= 11 is 5.68. The van der Waals surface area contributed by atoms with E-state index in [0.29, 0.717) is 0 Å². The molecule has 0 aliphatic rings. The lowest BCUT2D eigenvalue weighted by Gasteiger charge is -2.29. The van der Waals surface area contributed by atoms with Gasteiger partial charge in [-0.1, -0.05) is 19.8 Å². The molecule has 0 saturated carbocycles. The Morgan fingerprint density at radius 2 is 1.50 bits per heavy atom. The van der Waals surface area contributed by atoms with Gasteiger partial charge in [-0.2, -0.15) is 0 Å². The Hall–Kier alpha value is 0.730. The van der Waals surface area contributed by atoms with Crippen LogP contribution in [0.15, 0.2) is 0 Å². The summed E-state index contributed by atoms with van der Waals surface area (Å²) in [5.41, 5.74) is 0. The third-order valence-corrected chi connectivity index (χ3v) is 2.78. The molecule has 0 saturated heterocycles. The number of unbranched alkanes of at least 4 members (excludes halogenated alkanes) is 3. The van der Waals surface area contributed by atoms with E-state index in [0.717, 1.165) is 16.8 Å². The number of quaternary nitrogens is 1. The van der Waals surface area contributed by atoms with E-state index in [2.05, 4.69) is 21.0 Å². The van der Waals surface area contributed by atoms with Crippen LogP contribution in [0.5, 0.6) is 0 Å². The summed E-state index contributed by atoms with van der Waals surface area (Å²) in [4.78, 5) is 0. The number of hydrogen-bond acceptors (Lipinski definition) is 0. The van der Waals surface area contributed by atoms with Crippen molar-refractivity contribution in [3.63, 3.8) is 0 Å². The molecule has 14 heavy (non-hydrogen) atoms. The van der Waals surface area contributed by atoms with E-state index in [1.807, 2.05) is 0 Å². The van der Waals surface area contributed by atoms with Gasteiger partial charge >= 0.3 is 0 Å². The van der Waals surface area contributed by atoms with Crippen molar-refractivity contribution < 1.29 is 21.5 Å².